The molecule has 0 spiro atoms. The second-order valence-corrected chi connectivity index (χ2v) is 1.81. The number of hydrogen-bond donors (Lipinski definition) is 2. The molecule has 0 aromatic carbocycles. The van der Waals surface area contributed by atoms with Crippen molar-refractivity contribution in [2.24, 2.45) is 0 Å². The van der Waals surface area contributed by atoms with Crippen LogP contribution in [0.2, 0.25) is 0 Å². The fourth-order valence-electron chi connectivity index (χ4n) is 0. The van der Waals surface area contributed by atoms with E-state index in [0.29, 0.717) is 0 Å². The van der Waals surface area contributed by atoms with Crippen LogP contribution in [0.25, 0.3) is 0 Å². The Labute approximate surface area is 58.8 Å². The number of urea groups is 1. The molecule has 8 heteroatoms. The van der Waals surface area contributed by atoms with Crippen molar-refractivity contribution >= 4 is 6.03 Å². The second-order valence-electron chi connectivity index (χ2n) is 1.05. The van der Waals surface area contributed by atoms with Crippen LogP contribution in [0.5, 0.6) is 0 Å². The maximum atomic E-state index is 9.59. The van der Waals surface area contributed by atoms with E-state index in [1.807, 2.05) is 0 Å². The SMILES string of the molecule is CNC([NH3+])=O.[O-][Cl+3]([O-])([O-])[O-]. The molecule has 0 aliphatic rings. The van der Waals surface area contributed by atoms with E-state index in [9.17, 15) is 4.79 Å². The number of halogens is 1. The first-order chi connectivity index (χ1) is 4.27. The molecule has 0 fully saturated rings. The van der Waals surface area contributed by atoms with Crippen LogP contribution in [0.4, 0.5) is 4.79 Å². The highest BCUT2D eigenvalue weighted by atomic mass is 35.7. The van der Waals surface area contributed by atoms with Gasteiger partial charge in [0.25, 0.3) is 0 Å². The van der Waals surface area contributed by atoms with Gasteiger partial charge in [0, 0.05) is 7.05 Å². The van der Waals surface area contributed by atoms with Crippen LogP contribution in [-0.2, 0) is 0 Å². The van der Waals surface area contributed by atoms with Gasteiger partial charge in [0.05, 0.1) is 0 Å². The predicted octanol–water partition coefficient (Wildman–Crippen LogP) is -6.19. The minimum Gasteiger partial charge on any atom is -0.309 e. The zero-order valence-corrected chi connectivity index (χ0v) is 5.88. The molecule has 0 unspecified atom stereocenters. The van der Waals surface area contributed by atoms with Gasteiger partial charge in [-0.05, 0) is 0 Å². The van der Waals surface area contributed by atoms with Crippen LogP contribution in [0.3, 0.4) is 0 Å². The average Bonchev–Trinajstić information content (AvgIpc) is 1.61. The van der Waals surface area contributed by atoms with E-state index in [4.69, 9.17) is 18.6 Å². The maximum Gasteiger partial charge on any atom is 0.411 e. The Morgan fingerprint density at radius 2 is 1.50 bits per heavy atom. The van der Waals surface area contributed by atoms with Crippen molar-refractivity contribution in [1.82, 2.24) is 5.32 Å². The van der Waals surface area contributed by atoms with Crippen molar-refractivity contribution in [2.45, 2.75) is 0 Å². The van der Waals surface area contributed by atoms with E-state index in [-0.39, 0.29) is 6.03 Å². The Morgan fingerprint density at radius 1 is 1.40 bits per heavy atom. The first-order valence-corrected chi connectivity index (χ1v) is 3.16. The molecular weight excluding hydrogens is 167 g/mol. The van der Waals surface area contributed by atoms with Gasteiger partial charge in [-0.15, -0.1) is 10.2 Å². The highest BCUT2D eigenvalue weighted by Crippen LogP contribution is 1.49. The number of hydrogen-bond acceptors (Lipinski definition) is 5. The minimum absolute atomic E-state index is 0.245. The molecule has 10 heavy (non-hydrogen) atoms. The summed E-state index contributed by atoms with van der Waals surface area (Å²) in [5.41, 5.74) is 3.01. The average molecular weight is 175 g/mol. The molecule has 0 aliphatic heterocycles. The normalized spacial score (nSPS) is 9.40. The van der Waals surface area contributed by atoms with E-state index in [0.717, 1.165) is 0 Å². The minimum atomic E-state index is -4.94. The number of rotatable bonds is 0. The predicted molar refractivity (Wildman–Crippen MR) is 17.3 cm³/mol. The van der Waals surface area contributed by atoms with Gasteiger partial charge in [-0.1, -0.05) is 0 Å². The van der Waals surface area contributed by atoms with E-state index < -0.39 is 10.2 Å². The van der Waals surface area contributed by atoms with E-state index in [2.05, 4.69) is 11.1 Å². The van der Waals surface area contributed by atoms with Crippen LogP contribution in [0.15, 0.2) is 0 Å². The summed E-state index contributed by atoms with van der Waals surface area (Å²) in [6, 6.07) is -0.245. The van der Waals surface area contributed by atoms with Gasteiger partial charge in [-0.2, -0.15) is 0 Å². The van der Waals surface area contributed by atoms with E-state index in [1.54, 1.807) is 0 Å². The molecule has 62 valence electrons. The third kappa shape index (κ3) is 134. The van der Waals surface area contributed by atoms with E-state index >= 15 is 0 Å². The van der Waals surface area contributed by atoms with Crippen LogP contribution in [0, 0.1) is 10.2 Å². The molecule has 0 aliphatic carbocycles. The molecule has 0 atom stereocenters. The lowest BCUT2D eigenvalue weighted by Crippen LogP contribution is -2.68. The van der Waals surface area contributed by atoms with Crippen molar-refractivity contribution in [3.63, 3.8) is 0 Å². The second kappa shape index (κ2) is 5.35. The zero-order chi connectivity index (χ0) is 8.78. The number of carbonyl (C=O) groups excluding carboxylic acids is 1. The summed E-state index contributed by atoms with van der Waals surface area (Å²) in [6.45, 7) is 0. The van der Waals surface area contributed by atoms with Gasteiger partial charge in [0.1, 0.15) is 0 Å². The Morgan fingerprint density at radius 3 is 1.50 bits per heavy atom. The molecule has 0 bridgehead atoms. The molecule has 0 heterocycles. The molecule has 2 amide bonds. The third-order valence-corrected chi connectivity index (χ3v) is 0.279. The quantitative estimate of drug-likeness (QED) is 0.375. The van der Waals surface area contributed by atoms with Crippen LogP contribution in [-0.4, -0.2) is 13.1 Å². The number of quaternary nitrogens is 1. The summed E-state index contributed by atoms with van der Waals surface area (Å²) in [5, 5.41) is 2.28. The Kier molecular flexibility index (Phi) is 6.56. The number of nitrogens with one attached hydrogen (secondary N) is 1. The molecular formula is C2H7ClN2O5. The molecule has 0 rings (SSSR count). The molecule has 0 aromatic heterocycles. The smallest absolute Gasteiger partial charge is 0.309 e. The van der Waals surface area contributed by atoms with Crippen molar-refractivity contribution in [3.05, 3.63) is 0 Å². The zero-order valence-electron chi connectivity index (χ0n) is 5.13. The maximum absolute atomic E-state index is 9.59. The number of carbonyl (C=O) groups is 1. The first kappa shape index (κ1) is 12.3. The Bertz CT molecular complexity index is 94.3. The number of amides is 2. The largest absolute Gasteiger partial charge is 0.411 e. The highest BCUT2D eigenvalue weighted by molar-refractivity contribution is 5.61. The molecule has 4 N–H and O–H groups in total. The van der Waals surface area contributed by atoms with Crippen LogP contribution in [0.1, 0.15) is 0 Å². The summed E-state index contributed by atoms with van der Waals surface area (Å²) in [5.74, 6) is 0. The molecule has 0 aromatic rings. The van der Waals surface area contributed by atoms with Gasteiger partial charge in [0.15, 0.2) is 0 Å². The van der Waals surface area contributed by atoms with Gasteiger partial charge in [-0.25, -0.2) is 23.4 Å². The molecule has 0 radical (unpaired) electrons. The Balaban J connectivity index is 0. The summed E-state index contributed by atoms with van der Waals surface area (Å²) < 4.78 is 34.0. The molecule has 0 saturated heterocycles. The van der Waals surface area contributed by atoms with Gasteiger partial charge in [-0.3, -0.25) is 5.73 Å². The standard InChI is InChI=1S/C2H6N2O.ClHO4/c1-4-2(3)5;2-1(3,4)5/h1H3,(H3,3,4,5);(H,2,3,4,5). The lowest BCUT2D eigenvalue weighted by molar-refractivity contribution is -2.00. The van der Waals surface area contributed by atoms with Gasteiger partial charge >= 0.3 is 6.03 Å². The van der Waals surface area contributed by atoms with Crippen LogP contribution >= 0.6 is 0 Å². The molecule has 0 saturated carbocycles. The topological polar surface area (TPSA) is 149 Å². The lowest BCUT2D eigenvalue weighted by atomic mass is 11.1. The summed E-state index contributed by atoms with van der Waals surface area (Å²) in [7, 11) is -3.41. The van der Waals surface area contributed by atoms with E-state index in [1.165, 1.54) is 7.05 Å². The first-order valence-electron chi connectivity index (χ1n) is 1.92. The summed E-state index contributed by atoms with van der Waals surface area (Å²) >= 11 is 0. The van der Waals surface area contributed by atoms with Crippen molar-refractivity contribution < 1.29 is 39.4 Å². The third-order valence-electron chi connectivity index (χ3n) is 0.279. The van der Waals surface area contributed by atoms with Gasteiger partial charge < -0.3 is 5.32 Å². The summed E-state index contributed by atoms with van der Waals surface area (Å²) in [4.78, 5) is 9.59. The fraction of sp³-hybridized carbons (Fsp3) is 0.500. The highest BCUT2D eigenvalue weighted by Gasteiger charge is 1.84. The monoisotopic (exact) mass is 174 g/mol. The Hall–Kier alpha value is -0.440. The summed E-state index contributed by atoms with van der Waals surface area (Å²) in [6.07, 6.45) is 0. The van der Waals surface area contributed by atoms with Crippen molar-refractivity contribution in [1.29, 1.82) is 0 Å². The molecule has 7 nitrogen and oxygen atoms in total. The fourth-order valence-corrected chi connectivity index (χ4v) is 0. The lowest BCUT2D eigenvalue weighted by Gasteiger charge is -2.17. The van der Waals surface area contributed by atoms with Crippen molar-refractivity contribution in [2.75, 3.05) is 7.05 Å². The van der Waals surface area contributed by atoms with Crippen LogP contribution < -0.4 is 29.7 Å². The van der Waals surface area contributed by atoms with Crippen molar-refractivity contribution in [3.8, 4) is 0 Å². The van der Waals surface area contributed by atoms with Gasteiger partial charge in [0.2, 0.25) is 0 Å².